The minimum Gasteiger partial charge on any atom is -0.464 e. The Hall–Kier alpha value is -6.00. The third-order valence-corrected chi connectivity index (χ3v) is 13.3. The maximum absolute atomic E-state index is 14.7. The van der Waals surface area contributed by atoms with Crippen molar-refractivity contribution in [2.24, 2.45) is 17.3 Å². The molecule has 358 valence electrons. The molecule has 0 aliphatic carbocycles. The van der Waals surface area contributed by atoms with E-state index in [-0.39, 0.29) is 43.8 Å². The summed E-state index contributed by atoms with van der Waals surface area (Å²) in [6.07, 6.45) is 3.69. The summed E-state index contributed by atoms with van der Waals surface area (Å²) in [5, 5.41) is 5.35. The van der Waals surface area contributed by atoms with Gasteiger partial charge in [-0.05, 0) is 98.0 Å². The molecule has 2 saturated heterocycles. The Balaban J connectivity index is 1.29. The van der Waals surface area contributed by atoms with E-state index in [0.29, 0.717) is 50.0 Å². The van der Waals surface area contributed by atoms with Crippen molar-refractivity contribution < 1.29 is 42.2 Å². The first kappa shape index (κ1) is 48.9. The summed E-state index contributed by atoms with van der Waals surface area (Å²) in [5.41, 5.74) is 8.69. The lowest BCUT2D eigenvalue weighted by atomic mass is 9.84. The van der Waals surface area contributed by atoms with Crippen LogP contribution in [0.25, 0.3) is 33.3 Å². The third kappa shape index (κ3) is 10.6. The number of alkyl halides is 2. The largest absolute Gasteiger partial charge is 0.464 e. The monoisotopic (exact) mass is 923 g/mol. The highest BCUT2D eigenvalue weighted by molar-refractivity contribution is 5.96. The molecule has 0 spiro atoms. The lowest BCUT2D eigenvalue weighted by molar-refractivity contribution is -0.160. The first-order chi connectivity index (χ1) is 31.9. The van der Waals surface area contributed by atoms with E-state index in [0.717, 1.165) is 38.9 Å². The Bertz CT molecular complexity index is 2520. The predicted molar refractivity (Wildman–Crippen MR) is 250 cm³/mol. The van der Waals surface area contributed by atoms with E-state index < -0.39 is 60.0 Å². The van der Waals surface area contributed by atoms with Crippen molar-refractivity contribution in [2.45, 2.75) is 111 Å². The fourth-order valence-corrected chi connectivity index (χ4v) is 9.99. The van der Waals surface area contributed by atoms with Gasteiger partial charge in [0.15, 0.2) is 0 Å². The zero-order chi connectivity index (χ0) is 48.3. The number of fused-ring (bicyclic) bond motifs is 6. The fourth-order valence-electron chi connectivity index (χ4n) is 9.99. The highest BCUT2D eigenvalue weighted by Crippen LogP contribution is 2.42. The summed E-state index contributed by atoms with van der Waals surface area (Å²) in [6, 6.07) is 14.8. The smallest absolute Gasteiger partial charge is 0.345 e. The molecule has 2 fully saturated rings. The van der Waals surface area contributed by atoms with Gasteiger partial charge >= 0.3 is 12.6 Å². The lowest BCUT2D eigenvalue weighted by Gasteiger charge is -2.37. The molecule has 2 N–H and O–H groups in total. The Kier molecular flexibility index (Phi) is 14.9. The van der Waals surface area contributed by atoms with E-state index in [4.69, 9.17) is 9.47 Å². The van der Waals surface area contributed by atoms with Gasteiger partial charge in [0.1, 0.15) is 24.2 Å². The zero-order valence-electron chi connectivity index (χ0n) is 39.5. The van der Waals surface area contributed by atoms with Gasteiger partial charge < -0.3 is 29.2 Å². The number of carbonyl (C=O) groups is 5. The second kappa shape index (κ2) is 20.5. The molecule has 0 saturated carbocycles. The van der Waals surface area contributed by atoms with Crippen molar-refractivity contribution in [2.75, 3.05) is 33.3 Å². The summed E-state index contributed by atoms with van der Waals surface area (Å²) in [4.78, 5) is 76.8. The molecule has 1 unspecified atom stereocenters. The molecule has 7 rings (SSSR count). The lowest BCUT2D eigenvalue weighted by Crippen LogP contribution is -2.62. The molecule has 4 aromatic rings. The van der Waals surface area contributed by atoms with Crippen LogP contribution in [0.3, 0.4) is 0 Å². The molecule has 3 aliphatic rings. The number of aryl methyl sites for hydroxylation is 1. The number of hydrogen-bond acceptors (Lipinski definition) is 9. The number of nitrogens with zero attached hydrogens (tertiary/aromatic N) is 5. The number of cyclic esters (lactones) is 1. The van der Waals surface area contributed by atoms with Gasteiger partial charge in [0.2, 0.25) is 17.7 Å². The SMILES string of the molecule is C=CC(=O)N1CC[C@H](C(=O)N(C)C(C(=O)N[C@H]2Cc3cccc(c3)-c3ccc4c(c3)c(c(-c3cccnc3[C@H](C)OC(F)F)n4CC)CC(C)(C)COC(=O)[C@@H]3CCCN(N3)C2=O)C(C)C)C1. The van der Waals surface area contributed by atoms with Crippen LogP contribution in [-0.4, -0.2) is 112 Å². The Morgan fingerprint density at radius 2 is 1.82 bits per heavy atom. The number of rotatable bonds is 11. The molecule has 4 amide bonds. The van der Waals surface area contributed by atoms with Crippen LogP contribution < -0.4 is 10.7 Å². The highest BCUT2D eigenvalue weighted by Gasteiger charge is 2.40. The fraction of sp³-hybridized carbons (Fsp3) is 0.490. The molecule has 3 aliphatic heterocycles. The number of likely N-dealkylation sites (tertiary alicyclic amines) is 1. The maximum atomic E-state index is 14.7. The van der Waals surface area contributed by atoms with Crippen molar-refractivity contribution in [1.29, 1.82) is 0 Å². The number of hydrogen-bond donors (Lipinski definition) is 2. The second-order valence-corrected chi connectivity index (χ2v) is 19.1. The maximum Gasteiger partial charge on any atom is 0.345 e. The number of aromatic nitrogens is 2. The van der Waals surface area contributed by atoms with Crippen molar-refractivity contribution in [3.63, 3.8) is 0 Å². The van der Waals surface area contributed by atoms with Gasteiger partial charge in [-0.2, -0.15) is 8.78 Å². The van der Waals surface area contributed by atoms with Gasteiger partial charge in [-0.15, -0.1) is 0 Å². The molecular weight excluding hydrogens is 861 g/mol. The zero-order valence-corrected chi connectivity index (χ0v) is 39.5. The summed E-state index contributed by atoms with van der Waals surface area (Å²) in [6.45, 7) is 13.4. The van der Waals surface area contributed by atoms with E-state index in [2.05, 4.69) is 32.9 Å². The molecule has 6 bridgehead atoms. The molecular formula is C51H63F2N7O7. The van der Waals surface area contributed by atoms with Crippen molar-refractivity contribution >= 4 is 40.5 Å². The number of ether oxygens (including phenoxy) is 2. The number of likely N-dealkylation sites (N-methyl/N-ethyl adjacent to an activating group) is 1. The summed E-state index contributed by atoms with van der Waals surface area (Å²) in [7, 11) is 1.58. The normalized spacial score (nSPS) is 20.9. The number of benzene rings is 2. The van der Waals surface area contributed by atoms with E-state index in [1.165, 1.54) is 16.0 Å². The van der Waals surface area contributed by atoms with E-state index >= 15 is 0 Å². The van der Waals surface area contributed by atoms with E-state index in [1.54, 1.807) is 31.1 Å². The highest BCUT2D eigenvalue weighted by atomic mass is 19.3. The average molecular weight is 924 g/mol. The molecule has 2 aromatic carbocycles. The Labute approximate surface area is 391 Å². The first-order valence-electron chi connectivity index (χ1n) is 23.3. The minimum absolute atomic E-state index is 0.0354. The third-order valence-electron chi connectivity index (χ3n) is 13.3. The molecule has 14 nitrogen and oxygen atoms in total. The Morgan fingerprint density at radius 3 is 2.54 bits per heavy atom. The van der Waals surface area contributed by atoms with Crippen molar-refractivity contribution in [3.8, 4) is 22.4 Å². The van der Waals surface area contributed by atoms with Crippen LogP contribution in [0.2, 0.25) is 0 Å². The van der Waals surface area contributed by atoms with Crippen LogP contribution in [0.15, 0.2) is 73.4 Å². The van der Waals surface area contributed by atoms with Crippen LogP contribution in [0.4, 0.5) is 8.78 Å². The van der Waals surface area contributed by atoms with Crippen LogP contribution in [-0.2, 0) is 52.8 Å². The molecule has 67 heavy (non-hydrogen) atoms. The van der Waals surface area contributed by atoms with Crippen molar-refractivity contribution in [1.82, 2.24) is 35.1 Å². The van der Waals surface area contributed by atoms with Gasteiger partial charge in [-0.1, -0.05) is 64.6 Å². The van der Waals surface area contributed by atoms with Gasteiger partial charge in [0.25, 0.3) is 5.91 Å². The molecule has 2 aromatic heterocycles. The van der Waals surface area contributed by atoms with E-state index in [9.17, 15) is 32.8 Å². The number of amides is 4. The van der Waals surface area contributed by atoms with Crippen molar-refractivity contribution in [3.05, 3.63) is 90.3 Å². The average Bonchev–Trinajstić information content (AvgIpc) is 3.92. The molecule has 5 heterocycles. The predicted octanol–water partition coefficient (Wildman–Crippen LogP) is 6.86. The Morgan fingerprint density at radius 1 is 1.06 bits per heavy atom. The summed E-state index contributed by atoms with van der Waals surface area (Å²) >= 11 is 0. The minimum atomic E-state index is -3.00. The standard InChI is InChI=1S/C51H63F2N7O7/c1-9-42(61)58-23-20-35(28-58)47(63)57(8)44(30(3)4)46(62)55-40-25-32-14-11-15-33(24-32)34-18-19-41-37(26-34)38(27-51(6,7)29-66-49(65)39-17-13-22-60(56-39)48(40)64)45(59(41)10-2)36-16-12-21-54-43(36)31(5)67-50(52)53/h9,11-12,14-16,18-19,21,24,26,30-31,35,39-40,44,50,56H,1,10,13,17,20,22-23,25,27-29H2,2-8H3,(H,55,62)/t31-,35-,39-,40-,44?/m0/s1. The van der Waals surface area contributed by atoms with Crippen LogP contribution >= 0.6 is 0 Å². The van der Waals surface area contributed by atoms with E-state index in [1.807, 2.05) is 77.1 Å². The second-order valence-electron chi connectivity index (χ2n) is 19.1. The van der Waals surface area contributed by atoms with Gasteiger partial charge in [0.05, 0.1) is 23.9 Å². The van der Waals surface area contributed by atoms with Gasteiger partial charge in [-0.3, -0.25) is 34.0 Å². The number of pyridine rings is 1. The molecule has 0 radical (unpaired) electrons. The molecule has 5 atom stereocenters. The molecule has 16 heteroatoms. The summed E-state index contributed by atoms with van der Waals surface area (Å²) in [5.74, 6) is -2.81. The van der Waals surface area contributed by atoms with Crippen LogP contribution in [0.5, 0.6) is 0 Å². The van der Waals surface area contributed by atoms with Gasteiger partial charge in [-0.25, -0.2) is 5.43 Å². The quantitative estimate of drug-likeness (QED) is 0.121. The summed E-state index contributed by atoms with van der Waals surface area (Å²) < 4.78 is 40.5. The number of esters is 1. The van der Waals surface area contributed by atoms with Crippen LogP contribution in [0, 0.1) is 17.3 Å². The number of nitrogens with one attached hydrogen (secondary N) is 2. The van der Waals surface area contributed by atoms with Crippen LogP contribution in [0.1, 0.15) is 83.7 Å². The van der Waals surface area contributed by atoms with Gasteiger partial charge in [0, 0.05) is 67.7 Å². The number of hydrazine groups is 1. The number of carbonyl (C=O) groups excluding carboxylic acids is 5. The number of halogens is 2. The first-order valence-corrected chi connectivity index (χ1v) is 23.3. The topological polar surface area (TPSA) is 155 Å².